The van der Waals surface area contributed by atoms with Gasteiger partial charge in [-0.2, -0.15) is 0 Å². The Morgan fingerprint density at radius 3 is 2.65 bits per heavy atom. The van der Waals surface area contributed by atoms with E-state index < -0.39 is 10.0 Å². The van der Waals surface area contributed by atoms with Gasteiger partial charge < -0.3 is 10.6 Å². The molecule has 1 aliphatic heterocycles. The molecule has 1 aromatic rings. The van der Waals surface area contributed by atoms with Gasteiger partial charge in [-0.25, -0.2) is 12.7 Å². The van der Waals surface area contributed by atoms with Crippen LogP contribution in [0.3, 0.4) is 0 Å². The Labute approximate surface area is 125 Å². The molecule has 0 aliphatic carbocycles. The molecular formula is C13H23N3O2S2. The van der Waals surface area contributed by atoms with E-state index in [-0.39, 0.29) is 0 Å². The maximum absolute atomic E-state index is 12.5. The minimum atomic E-state index is -3.37. The second kappa shape index (κ2) is 6.53. The molecule has 2 rings (SSSR count). The van der Waals surface area contributed by atoms with E-state index in [1.165, 1.54) is 15.6 Å². The first-order valence-corrected chi connectivity index (χ1v) is 9.18. The van der Waals surface area contributed by atoms with E-state index in [4.69, 9.17) is 5.73 Å². The van der Waals surface area contributed by atoms with Crippen LogP contribution in [0.1, 0.15) is 17.7 Å². The van der Waals surface area contributed by atoms with Gasteiger partial charge in [-0.1, -0.05) is 0 Å². The molecule has 0 amide bonds. The fourth-order valence-corrected chi connectivity index (χ4v) is 4.88. The lowest BCUT2D eigenvalue weighted by molar-refractivity contribution is 0.202. The van der Waals surface area contributed by atoms with Crippen LogP contribution in [0.15, 0.2) is 16.3 Å². The molecule has 0 unspecified atom stereocenters. The number of hydrogen-bond acceptors (Lipinski definition) is 5. The molecule has 1 saturated heterocycles. The van der Waals surface area contributed by atoms with Crippen LogP contribution in [-0.2, 0) is 16.6 Å². The van der Waals surface area contributed by atoms with Gasteiger partial charge in [-0.05, 0) is 45.0 Å². The molecular weight excluding hydrogens is 294 g/mol. The maximum atomic E-state index is 12.5. The van der Waals surface area contributed by atoms with Crippen molar-refractivity contribution >= 4 is 21.4 Å². The first-order valence-electron chi connectivity index (χ1n) is 6.86. The van der Waals surface area contributed by atoms with Crippen molar-refractivity contribution in [2.45, 2.75) is 24.3 Å². The lowest BCUT2D eigenvalue weighted by atomic mass is 9.97. The van der Waals surface area contributed by atoms with Gasteiger partial charge in [0.05, 0.1) is 4.90 Å². The van der Waals surface area contributed by atoms with E-state index in [0.29, 0.717) is 23.9 Å². The SMILES string of the molecule is CN1CCC(CN(C)S(=O)(=O)c2csc(CN)c2)CC1. The molecule has 0 saturated carbocycles. The number of rotatable bonds is 5. The van der Waals surface area contributed by atoms with Crippen LogP contribution >= 0.6 is 11.3 Å². The summed E-state index contributed by atoms with van der Waals surface area (Å²) in [6.07, 6.45) is 2.13. The summed E-state index contributed by atoms with van der Waals surface area (Å²) in [7, 11) is 0.415. The third-order valence-electron chi connectivity index (χ3n) is 3.89. The van der Waals surface area contributed by atoms with Crippen molar-refractivity contribution in [2.75, 3.05) is 33.7 Å². The molecule has 7 heteroatoms. The number of nitrogens with zero attached hydrogens (tertiary/aromatic N) is 2. The predicted molar refractivity (Wildman–Crippen MR) is 82.2 cm³/mol. The van der Waals surface area contributed by atoms with E-state index in [1.54, 1.807) is 18.5 Å². The normalized spacial score (nSPS) is 18.8. The van der Waals surface area contributed by atoms with Crippen molar-refractivity contribution in [3.8, 4) is 0 Å². The van der Waals surface area contributed by atoms with E-state index in [2.05, 4.69) is 11.9 Å². The monoisotopic (exact) mass is 317 g/mol. The largest absolute Gasteiger partial charge is 0.326 e. The summed E-state index contributed by atoms with van der Waals surface area (Å²) in [5.74, 6) is 0.457. The predicted octanol–water partition coefficient (Wildman–Crippen LogP) is 1.17. The van der Waals surface area contributed by atoms with Crippen LogP contribution in [-0.4, -0.2) is 51.4 Å². The molecule has 1 aromatic heterocycles. The van der Waals surface area contributed by atoms with E-state index in [1.807, 2.05) is 0 Å². The second-order valence-corrected chi connectivity index (χ2v) is 8.53. The number of hydrogen-bond donors (Lipinski definition) is 1. The zero-order chi connectivity index (χ0) is 14.8. The van der Waals surface area contributed by atoms with Gasteiger partial charge in [0.1, 0.15) is 0 Å². The lowest BCUT2D eigenvalue weighted by Gasteiger charge is -2.31. The quantitative estimate of drug-likeness (QED) is 0.885. The Balaban J connectivity index is 2.01. The first-order chi connectivity index (χ1) is 9.43. The Kier molecular flexibility index (Phi) is 5.19. The van der Waals surface area contributed by atoms with Crippen molar-refractivity contribution in [3.05, 3.63) is 16.3 Å². The van der Waals surface area contributed by atoms with Crippen LogP contribution in [0.4, 0.5) is 0 Å². The minimum Gasteiger partial charge on any atom is -0.326 e. The summed E-state index contributed by atoms with van der Waals surface area (Å²) >= 11 is 1.40. The Bertz CT molecular complexity index is 534. The highest BCUT2D eigenvalue weighted by Crippen LogP contribution is 2.24. The van der Waals surface area contributed by atoms with Crippen molar-refractivity contribution in [3.63, 3.8) is 0 Å². The average molecular weight is 317 g/mol. The molecule has 0 radical (unpaired) electrons. The van der Waals surface area contributed by atoms with Crippen molar-refractivity contribution < 1.29 is 8.42 Å². The van der Waals surface area contributed by atoms with Crippen LogP contribution < -0.4 is 5.73 Å². The van der Waals surface area contributed by atoms with Crippen LogP contribution in [0.2, 0.25) is 0 Å². The Hall–Kier alpha value is -0.470. The molecule has 0 spiro atoms. The zero-order valence-electron chi connectivity index (χ0n) is 12.1. The molecule has 0 bridgehead atoms. The number of sulfonamides is 1. The maximum Gasteiger partial charge on any atom is 0.243 e. The zero-order valence-corrected chi connectivity index (χ0v) is 13.7. The van der Waals surface area contributed by atoms with Crippen LogP contribution in [0.25, 0.3) is 0 Å². The van der Waals surface area contributed by atoms with Crippen molar-refractivity contribution in [1.29, 1.82) is 0 Å². The fraction of sp³-hybridized carbons (Fsp3) is 0.692. The third-order valence-corrected chi connectivity index (χ3v) is 6.80. The van der Waals surface area contributed by atoms with Crippen LogP contribution in [0.5, 0.6) is 0 Å². The highest BCUT2D eigenvalue weighted by atomic mass is 32.2. The van der Waals surface area contributed by atoms with Crippen molar-refractivity contribution in [2.24, 2.45) is 11.7 Å². The van der Waals surface area contributed by atoms with Crippen molar-refractivity contribution in [1.82, 2.24) is 9.21 Å². The number of piperidine rings is 1. The fourth-order valence-electron chi connectivity index (χ4n) is 2.49. The number of nitrogens with two attached hydrogens (primary N) is 1. The van der Waals surface area contributed by atoms with Gasteiger partial charge in [0.2, 0.25) is 10.0 Å². The smallest absolute Gasteiger partial charge is 0.243 e. The molecule has 1 aliphatic rings. The molecule has 0 atom stereocenters. The second-order valence-electron chi connectivity index (χ2n) is 5.49. The van der Waals surface area contributed by atoms with E-state index in [0.717, 1.165) is 30.8 Å². The highest BCUT2D eigenvalue weighted by molar-refractivity contribution is 7.89. The van der Waals surface area contributed by atoms with Gasteiger partial charge in [0.25, 0.3) is 0 Å². The van der Waals surface area contributed by atoms with Gasteiger partial charge in [-0.3, -0.25) is 0 Å². The molecule has 2 N–H and O–H groups in total. The van der Waals surface area contributed by atoms with Crippen LogP contribution in [0, 0.1) is 5.92 Å². The molecule has 0 aromatic carbocycles. The summed E-state index contributed by atoms with van der Waals surface area (Å²) in [5.41, 5.74) is 5.54. The summed E-state index contributed by atoms with van der Waals surface area (Å²) in [5, 5.41) is 1.68. The molecule has 114 valence electrons. The van der Waals surface area contributed by atoms with E-state index >= 15 is 0 Å². The summed E-state index contributed by atoms with van der Waals surface area (Å²) in [6, 6.07) is 1.69. The lowest BCUT2D eigenvalue weighted by Crippen LogP contribution is -2.37. The average Bonchev–Trinajstić information content (AvgIpc) is 2.90. The first kappa shape index (κ1) is 15.9. The van der Waals surface area contributed by atoms with Gasteiger partial charge in [-0.15, -0.1) is 11.3 Å². The molecule has 2 heterocycles. The van der Waals surface area contributed by atoms with Gasteiger partial charge in [0.15, 0.2) is 0 Å². The summed E-state index contributed by atoms with van der Waals surface area (Å²) in [4.78, 5) is 3.56. The highest BCUT2D eigenvalue weighted by Gasteiger charge is 2.26. The Morgan fingerprint density at radius 1 is 1.45 bits per heavy atom. The topological polar surface area (TPSA) is 66.6 Å². The standard InChI is InChI=1S/C13H23N3O2S2/c1-15-5-3-11(4-6-15)9-16(2)20(17,18)13-7-12(8-14)19-10-13/h7,10-11H,3-6,8-9,14H2,1-2H3. The molecule has 5 nitrogen and oxygen atoms in total. The minimum absolute atomic E-state index is 0.373. The molecule has 20 heavy (non-hydrogen) atoms. The van der Waals surface area contributed by atoms with Gasteiger partial charge >= 0.3 is 0 Å². The molecule has 1 fully saturated rings. The summed E-state index contributed by atoms with van der Waals surface area (Å²) < 4.78 is 26.5. The third kappa shape index (κ3) is 3.59. The number of thiophene rings is 1. The summed E-state index contributed by atoms with van der Waals surface area (Å²) in [6.45, 7) is 3.09. The Morgan fingerprint density at radius 2 is 2.10 bits per heavy atom. The van der Waals surface area contributed by atoms with Gasteiger partial charge in [0, 0.05) is 30.4 Å². The van der Waals surface area contributed by atoms with E-state index in [9.17, 15) is 8.42 Å². The number of likely N-dealkylation sites (tertiary alicyclic amines) is 1.